The maximum atomic E-state index is 12.0. The van der Waals surface area contributed by atoms with Crippen LogP contribution in [0.5, 0.6) is 0 Å². The van der Waals surface area contributed by atoms with Crippen LogP contribution in [0.4, 0.5) is 8.78 Å². The van der Waals surface area contributed by atoms with Gasteiger partial charge in [0, 0.05) is 11.9 Å². The van der Waals surface area contributed by atoms with Gasteiger partial charge in [0.05, 0.1) is 0 Å². The topological polar surface area (TPSA) is 17.8 Å². The molecule has 1 aliphatic carbocycles. The Kier molecular flexibility index (Phi) is 3.85. The van der Waals surface area contributed by atoms with E-state index in [9.17, 15) is 8.78 Å². The minimum atomic E-state index is -2.51. The molecule has 2 nitrogen and oxygen atoms in total. The molecule has 0 radical (unpaired) electrons. The number of halogens is 2. The Bertz CT molecular complexity index is 241. The molecule has 60 valence electrons. The zero-order chi connectivity index (χ0) is 7.84. The van der Waals surface area contributed by atoms with Crippen molar-refractivity contribution in [2.24, 2.45) is 0 Å². The van der Waals surface area contributed by atoms with E-state index in [0.29, 0.717) is 10.6 Å². The molecule has 0 aromatic carbocycles. The molecule has 0 aliphatic heterocycles. The van der Waals surface area contributed by atoms with E-state index in [2.05, 4.69) is 5.10 Å². The molecule has 0 saturated heterocycles. The smallest absolute Gasteiger partial charge is 0.324 e. The van der Waals surface area contributed by atoms with E-state index in [4.69, 9.17) is 0 Å². The number of hydrogen-bond donors (Lipinski definition) is 0. The van der Waals surface area contributed by atoms with Gasteiger partial charge in [0.15, 0.2) is 0 Å². The summed E-state index contributed by atoms with van der Waals surface area (Å²) in [7, 11) is 0. The van der Waals surface area contributed by atoms with Gasteiger partial charge in [0.2, 0.25) is 0 Å². The minimum Gasteiger partial charge on any atom is -0.324 e. The summed E-state index contributed by atoms with van der Waals surface area (Å²) in [5, 5.41) is 3.71. The maximum absolute atomic E-state index is 12.0. The van der Waals surface area contributed by atoms with Crippen LogP contribution >= 0.6 is 0 Å². The number of alkyl halides is 2. The van der Waals surface area contributed by atoms with Crippen molar-refractivity contribution in [1.82, 2.24) is 9.78 Å². The summed E-state index contributed by atoms with van der Waals surface area (Å²) in [6, 6.07) is 1.64. The first-order valence-corrected chi connectivity index (χ1v) is 3.44. The summed E-state index contributed by atoms with van der Waals surface area (Å²) in [6.45, 7) is -2.51. The van der Waals surface area contributed by atoms with Crippen LogP contribution in [-0.4, -0.2) is 9.78 Å². The normalized spacial score (nSPS) is 20.8. The summed E-state index contributed by atoms with van der Waals surface area (Å²) >= 11 is 0. The Morgan fingerprint density at radius 2 is 2.33 bits per heavy atom. The molecule has 0 unspecified atom stereocenters. The molecule has 0 bridgehead atoms. The third-order valence-corrected chi connectivity index (χ3v) is 1.68. The Hall–Kier alpha value is 0.706. The van der Waals surface area contributed by atoms with Crippen molar-refractivity contribution in [3.05, 3.63) is 24.4 Å². The third-order valence-electron chi connectivity index (χ3n) is 1.68. The molecule has 1 fully saturated rings. The van der Waals surface area contributed by atoms with Gasteiger partial charge in [-0.05, 0) is 6.07 Å². The van der Waals surface area contributed by atoms with Crippen LogP contribution in [0.25, 0.3) is 0 Å². The van der Waals surface area contributed by atoms with E-state index in [-0.39, 0.29) is 51.4 Å². The molecular formula is C7H7F2KN2. The molecule has 1 saturated carbocycles. The summed E-state index contributed by atoms with van der Waals surface area (Å²) in [5.74, 6) is 0.329. The summed E-state index contributed by atoms with van der Waals surface area (Å²) in [4.78, 5) is 0. The summed E-state index contributed by atoms with van der Waals surface area (Å²) in [6.07, 6.45) is 4.32. The van der Waals surface area contributed by atoms with Crippen LogP contribution in [0.1, 0.15) is 24.6 Å². The van der Waals surface area contributed by atoms with Crippen LogP contribution in [0.3, 0.4) is 0 Å². The fourth-order valence-corrected chi connectivity index (χ4v) is 0.969. The molecule has 1 aromatic heterocycles. The largest absolute Gasteiger partial charge is 1.00 e. The van der Waals surface area contributed by atoms with Crippen LogP contribution in [0.15, 0.2) is 12.3 Å². The molecule has 0 spiro atoms. The van der Waals surface area contributed by atoms with E-state index < -0.39 is 6.55 Å². The van der Waals surface area contributed by atoms with Crippen LogP contribution in [0.2, 0.25) is 0 Å². The maximum Gasteiger partial charge on any atom is 1.00 e. The van der Waals surface area contributed by atoms with E-state index in [1.165, 1.54) is 6.20 Å². The molecule has 2 rings (SSSR count). The number of aromatic nitrogens is 2. The average Bonchev–Trinajstić information content (AvgIpc) is 2.68. The summed E-state index contributed by atoms with van der Waals surface area (Å²) < 4.78 is 24.6. The molecule has 12 heavy (non-hydrogen) atoms. The van der Waals surface area contributed by atoms with E-state index in [1.54, 1.807) is 6.07 Å². The zero-order valence-corrected chi connectivity index (χ0v) is 9.87. The second kappa shape index (κ2) is 4.28. The van der Waals surface area contributed by atoms with E-state index in [0.717, 1.165) is 12.1 Å². The molecule has 5 heteroatoms. The minimum absolute atomic E-state index is 0. The average molecular weight is 196 g/mol. The Balaban J connectivity index is 0.000000720. The molecule has 1 aliphatic rings. The van der Waals surface area contributed by atoms with Crippen molar-refractivity contribution in [2.75, 3.05) is 0 Å². The van der Waals surface area contributed by atoms with Gasteiger partial charge in [0.25, 0.3) is 0 Å². The SMILES string of the molecule is FC(F)n1ccc([C@@H]2[CH-]C2)n1.[K+]. The Morgan fingerprint density at radius 3 is 2.75 bits per heavy atom. The summed E-state index contributed by atoms with van der Waals surface area (Å²) in [5.41, 5.74) is 0.755. The third kappa shape index (κ3) is 2.35. The first-order valence-electron chi connectivity index (χ1n) is 3.44. The molecule has 1 atom stereocenters. The second-order valence-electron chi connectivity index (χ2n) is 2.58. The predicted molar refractivity (Wildman–Crippen MR) is 35.1 cm³/mol. The molecular weight excluding hydrogens is 189 g/mol. The number of nitrogens with zero attached hydrogens (tertiary/aromatic N) is 2. The quantitative estimate of drug-likeness (QED) is 0.437. The Morgan fingerprint density at radius 1 is 1.67 bits per heavy atom. The van der Waals surface area contributed by atoms with Crippen molar-refractivity contribution in [1.29, 1.82) is 0 Å². The van der Waals surface area contributed by atoms with Gasteiger partial charge in [-0.15, -0.1) is 5.92 Å². The van der Waals surface area contributed by atoms with Crippen molar-refractivity contribution >= 4 is 0 Å². The van der Waals surface area contributed by atoms with Gasteiger partial charge in [-0.1, -0.05) is 0 Å². The standard InChI is InChI=1S/C7H7F2N2.K/c8-7(9)11-4-3-6(10-11)5-1-2-5;/h1,3-5,7H,2H2;/q-1;+1/t5-;/m1./s1. The first kappa shape index (κ1) is 10.8. The van der Waals surface area contributed by atoms with E-state index in [1.807, 2.05) is 6.42 Å². The fourth-order valence-electron chi connectivity index (χ4n) is 0.969. The van der Waals surface area contributed by atoms with Gasteiger partial charge in [0.1, 0.15) is 0 Å². The predicted octanol–water partition coefficient (Wildman–Crippen LogP) is -1.03. The van der Waals surface area contributed by atoms with Gasteiger partial charge >= 0.3 is 57.9 Å². The molecule has 0 N–H and O–H groups in total. The number of rotatable bonds is 2. The van der Waals surface area contributed by atoms with Crippen LogP contribution < -0.4 is 51.4 Å². The van der Waals surface area contributed by atoms with Gasteiger partial charge < -0.3 is 6.42 Å². The van der Waals surface area contributed by atoms with Crippen molar-refractivity contribution in [3.63, 3.8) is 0 Å². The fraction of sp³-hybridized carbons (Fsp3) is 0.429. The second-order valence-corrected chi connectivity index (χ2v) is 2.58. The van der Waals surface area contributed by atoms with Crippen molar-refractivity contribution < 1.29 is 60.2 Å². The monoisotopic (exact) mass is 196 g/mol. The van der Waals surface area contributed by atoms with Gasteiger partial charge in [-0.2, -0.15) is 20.3 Å². The van der Waals surface area contributed by atoms with Crippen molar-refractivity contribution in [2.45, 2.75) is 18.9 Å². The first-order chi connectivity index (χ1) is 5.27. The number of hydrogen-bond acceptors (Lipinski definition) is 1. The zero-order valence-electron chi connectivity index (χ0n) is 6.74. The van der Waals surface area contributed by atoms with Gasteiger partial charge in [-0.3, -0.25) is 0 Å². The van der Waals surface area contributed by atoms with Gasteiger partial charge in [-0.25, -0.2) is 4.68 Å². The molecule has 1 heterocycles. The van der Waals surface area contributed by atoms with Crippen LogP contribution in [0, 0.1) is 6.42 Å². The molecule has 0 amide bonds. The Labute approximate surface area is 112 Å². The van der Waals surface area contributed by atoms with E-state index >= 15 is 0 Å². The molecule has 1 aromatic rings. The van der Waals surface area contributed by atoms with Crippen LogP contribution in [-0.2, 0) is 0 Å². The van der Waals surface area contributed by atoms with Crippen molar-refractivity contribution in [3.8, 4) is 0 Å².